The summed E-state index contributed by atoms with van der Waals surface area (Å²) in [6, 6.07) is 38.5. The van der Waals surface area contributed by atoms with Crippen LogP contribution in [0.1, 0.15) is 30.4 Å². The van der Waals surface area contributed by atoms with E-state index >= 15 is 0 Å². The minimum absolute atomic E-state index is 0.843. The van der Waals surface area contributed by atoms with Crippen molar-refractivity contribution in [1.82, 2.24) is 14.5 Å². The monoisotopic (exact) mass is 567 g/mol. The molecule has 8 aromatic rings. The molecule has 0 aliphatic heterocycles. The summed E-state index contributed by atoms with van der Waals surface area (Å²) in [4.78, 5) is 10.3. The lowest BCUT2D eigenvalue weighted by Gasteiger charge is -2.20. The number of aryl methyl sites for hydroxylation is 2. The van der Waals surface area contributed by atoms with Crippen molar-refractivity contribution < 1.29 is 4.42 Å². The predicted molar refractivity (Wildman–Crippen MR) is 181 cm³/mol. The molecule has 0 amide bonds. The molecule has 0 fully saturated rings. The van der Waals surface area contributed by atoms with E-state index in [0.717, 1.165) is 91.6 Å². The maximum absolute atomic E-state index is 6.60. The van der Waals surface area contributed by atoms with E-state index in [1.807, 2.05) is 6.07 Å². The average Bonchev–Trinajstić information content (AvgIpc) is 3.65. The van der Waals surface area contributed by atoms with Crippen molar-refractivity contribution in [3.63, 3.8) is 0 Å². The van der Waals surface area contributed by atoms with Crippen molar-refractivity contribution in [2.75, 3.05) is 0 Å². The lowest BCUT2D eigenvalue weighted by molar-refractivity contribution is 0.669. The fourth-order valence-corrected chi connectivity index (χ4v) is 7.08. The molecule has 1 aliphatic carbocycles. The Kier molecular flexibility index (Phi) is 5.57. The summed E-state index contributed by atoms with van der Waals surface area (Å²) in [6.07, 6.45) is 7.24. The lowest BCUT2D eigenvalue weighted by atomic mass is 9.86. The number of benzene rings is 5. The predicted octanol–water partition coefficient (Wildman–Crippen LogP) is 10.3. The van der Waals surface area contributed by atoms with Gasteiger partial charge in [-0.3, -0.25) is 4.57 Å². The van der Waals surface area contributed by atoms with Gasteiger partial charge in [-0.05, 0) is 71.8 Å². The van der Waals surface area contributed by atoms with Crippen LogP contribution >= 0.6 is 0 Å². The maximum Gasteiger partial charge on any atom is 0.136 e. The molecule has 0 saturated heterocycles. The zero-order chi connectivity index (χ0) is 29.2. The van der Waals surface area contributed by atoms with E-state index in [1.54, 1.807) is 0 Å². The molecule has 0 saturated carbocycles. The van der Waals surface area contributed by atoms with Gasteiger partial charge in [0.1, 0.15) is 17.0 Å². The Balaban J connectivity index is 1.44. The van der Waals surface area contributed by atoms with Gasteiger partial charge in [0.25, 0.3) is 0 Å². The third kappa shape index (κ3) is 3.70. The average molecular weight is 568 g/mol. The summed E-state index contributed by atoms with van der Waals surface area (Å²) in [7, 11) is 0. The second kappa shape index (κ2) is 9.78. The van der Waals surface area contributed by atoms with E-state index in [9.17, 15) is 0 Å². The number of rotatable bonds is 4. The highest BCUT2D eigenvalue weighted by atomic mass is 16.3. The highest BCUT2D eigenvalue weighted by Gasteiger charge is 2.24. The van der Waals surface area contributed by atoms with Gasteiger partial charge in [0.05, 0.1) is 22.4 Å². The Labute approximate surface area is 254 Å². The third-order valence-corrected chi connectivity index (χ3v) is 8.99. The fourth-order valence-electron chi connectivity index (χ4n) is 7.08. The Morgan fingerprint density at radius 3 is 2.45 bits per heavy atom. The number of furan rings is 1. The van der Waals surface area contributed by atoms with Crippen LogP contribution in [0.5, 0.6) is 0 Å². The molecule has 0 radical (unpaired) electrons. The van der Waals surface area contributed by atoms with E-state index in [4.69, 9.17) is 14.4 Å². The maximum atomic E-state index is 6.60. The third-order valence-electron chi connectivity index (χ3n) is 8.99. The number of imidazole rings is 1. The molecule has 9 rings (SSSR count). The minimum atomic E-state index is 0.843. The Hall–Kier alpha value is -5.48. The minimum Gasteiger partial charge on any atom is -0.456 e. The molecule has 0 spiro atoms. The number of allylic oxidation sites excluding steroid dienone is 1. The van der Waals surface area contributed by atoms with Gasteiger partial charge in [-0.2, -0.15) is 0 Å². The fraction of sp³-hybridized carbons (Fsp3) is 0.100. The largest absolute Gasteiger partial charge is 0.456 e. The first kappa shape index (κ1) is 25.1. The van der Waals surface area contributed by atoms with E-state index in [-0.39, 0.29) is 0 Å². The molecule has 0 bridgehead atoms. The summed E-state index contributed by atoms with van der Waals surface area (Å²) in [6.45, 7) is 2.17. The van der Waals surface area contributed by atoms with Gasteiger partial charge in [0, 0.05) is 39.4 Å². The Bertz CT molecular complexity index is 2430. The van der Waals surface area contributed by atoms with E-state index in [1.165, 1.54) is 16.5 Å². The highest BCUT2D eigenvalue weighted by Crippen LogP contribution is 2.46. The smallest absolute Gasteiger partial charge is 0.136 e. The van der Waals surface area contributed by atoms with Crippen molar-refractivity contribution in [1.29, 1.82) is 0 Å². The molecule has 5 aromatic carbocycles. The van der Waals surface area contributed by atoms with Crippen LogP contribution in [0.3, 0.4) is 0 Å². The summed E-state index contributed by atoms with van der Waals surface area (Å²) in [5.74, 6) is 1.05. The molecule has 0 N–H and O–H groups in total. The van der Waals surface area contributed by atoms with Crippen molar-refractivity contribution in [3.05, 3.63) is 132 Å². The van der Waals surface area contributed by atoms with Crippen LogP contribution in [0.25, 0.3) is 77.9 Å². The number of fused-ring (bicyclic) bond motifs is 7. The van der Waals surface area contributed by atoms with Crippen LogP contribution in [-0.2, 0) is 12.8 Å². The second-order valence-electron chi connectivity index (χ2n) is 11.5. The summed E-state index contributed by atoms with van der Waals surface area (Å²) >= 11 is 0. The first-order valence-corrected chi connectivity index (χ1v) is 15.4. The second-order valence-corrected chi connectivity index (χ2v) is 11.5. The number of para-hydroxylation sites is 3. The van der Waals surface area contributed by atoms with Gasteiger partial charge in [-0.1, -0.05) is 85.8 Å². The van der Waals surface area contributed by atoms with Crippen LogP contribution in [0.15, 0.2) is 120 Å². The summed E-state index contributed by atoms with van der Waals surface area (Å²) in [5.41, 5.74) is 11.8. The molecule has 0 atom stereocenters. The van der Waals surface area contributed by atoms with Gasteiger partial charge in [-0.25, -0.2) is 9.97 Å². The van der Waals surface area contributed by atoms with E-state index in [2.05, 4.69) is 127 Å². The quantitative estimate of drug-likeness (QED) is 0.212. The molecular formula is C40H29N3O. The van der Waals surface area contributed by atoms with Crippen molar-refractivity contribution in [2.24, 2.45) is 0 Å². The number of nitrogens with zero attached hydrogens (tertiary/aromatic N) is 3. The SMILES string of the molecule is CCc1nc2ccccc2n1-c1cccc(-c2c3c4c(nc(-c5ccccc5)c3cc3oc5ccccc5c23)C=CCC4)c1. The van der Waals surface area contributed by atoms with Gasteiger partial charge in [-0.15, -0.1) is 0 Å². The zero-order valence-corrected chi connectivity index (χ0v) is 24.4. The van der Waals surface area contributed by atoms with Crippen LogP contribution < -0.4 is 0 Å². The molecule has 0 unspecified atom stereocenters. The Morgan fingerprint density at radius 1 is 0.727 bits per heavy atom. The molecule has 4 heteroatoms. The van der Waals surface area contributed by atoms with Gasteiger partial charge < -0.3 is 4.42 Å². The van der Waals surface area contributed by atoms with Crippen molar-refractivity contribution in [3.8, 4) is 28.1 Å². The molecular weight excluding hydrogens is 538 g/mol. The Morgan fingerprint density at radius 2 is 1.55 bits per heavy atom. The van der Waals surface area contributed by atoms with Crippen LogP contribution in [0.4, 0.5) is 0 Å². The molecule has 44 heavy (non-hydrogen) atoms. The number of aromatic nitrogens is 3. The van der Waals surface area contributed by atoms with Crippen LogP contribution in [-0.4, -0.2) is 14.5 Å². The summed E-state index contributed by atoms with van der Waals surface area (Å²) in [5, 5.41) is 4.67. The van der Waals surface area contributed by atoms with Crippen LogP contribution in [0.2, 0.25) is 0 Å². The zero-order valence-electron chi connectivity index (χ0n) is 24.4. The van der Waals surface area contributed by atoms with E-state index < -0.39 is 0 Å². The molecule has 3 aromatic heterocycles. The topological polar surface area (TPSA) is 43.9 Å². The molecule has 210 valence electrons. The van der Waals surface area contributed by atoms with Crippen LogP contribution in [0, 0.1) is 0 Å². The number of hydrogen-bond donors (Lipinski definition) is 0. The van der Waals surface area contributed by atoms with Gasteiger partial charge in [0.2, 0.25) is 0 Å². The van der Waals surface area contributed by atoms with Crippen molar-refractivity contribution in [2.45, 2.75) is 26.2 Å². The highest BCUT2D eigenvalue weighted by molar-refractivity contribution is 6.23. The molecule has 3 heterocycles. The van der Waals surface area contributed by atoms with Gasteiger partial charge in [0.15, 0.2) is 0 Å². The summed E-state index contributed by atoms with van der Waals surface area (Å²) < 4.78 is 8.91. The molecule has 1 aliphatic rings. The van der Waals surface area contributed by atoms with Gasteiger partial charge >= 0.3 is 0 Å². The number of hydrogen-bond acceptors (Lipinski definition) is 3. The van der Waals surface area contributed by atoms with Crippen molar-refractivity contribution >= 4 is 49.8 Å². The standard InChI is InChI=1S/C40H29N3O/c1-2-36-41-32-20-9-10-21-33(32)43(36)27-16-12-15-26(23-27)37-38-28-17-6-8-19-31(28)42-40(25-13-4-3-5-14-25)30(38)24-35-39(37)29-18-7-11-22-34(29)44-35/h3-5,7-16,18-24H,2,6,17H2,1H3. The normalized spacial score (nSPS) is 12.9. The molecule has 4 nitrogen and oxygen atoms in total. The first-order chi connectivity index (χ1) is 21.8. The number of pyridine rings is 1. The van der Waals surface area contributed by atoms with E-state index in [0.29, 0.717) is 0 Å². The first-order valence-electron chi connectivity index (χ1n) is 15.4. The lowest BCUT2D eigenvalue weighted by Crippen LogP contribution is -2.03.